The second-order valence-electron chi connectivity index (χ2n) is 4.62. The van der Waals surface area contributed by atoms with Gasteiger partial charge in [0.25, 0.3) is 0 Å². The van der Waals surface area contributed by atoms with Gasteiger partial charge in [-0.3, -0.25) is 4.79 Å². The highest BCUT2D eigenvalue weighted by Gasteiger charge is 2.31. The van der Waals surface area contributed by atoms with Crippen LogP contribution in [-0.2, 0) is 14.3 Å². The lowest BCUT2D eigenvalue weighted by molar-refractivity contribution is -0.153. The van der Waals surface area contributed by atoms with E-state index in [0.29, 0.717) is 0 Å². The zero-order valence-electron chi connectivity index (χ0n) is 10.0. The van der Waals surface area contributed by atoms with Gasteiger partial charge in [0, 0.05) is 5.41 Å². The molecule has 0 amide bonds. The molecule has 0 N–H and O–H groups in total. The molecule has 0 aromatic heterocycles. The molecule has 0 fully saturated rings. The van der Waals surface area contributed by atoms with E-state index < -0.39 is 23.1 Å². The fraction of sp³-hybridized carbons (Fsp3) is 0.308. The van der Waals surface area contributed by atoms with E-state index >= 15 is 0 Å². The molecule has 17 heavy (non-hydrogen) atoms. The standard InChI is InChI=1S/C13H14O4/c1-13(2,3)10(14)12(16)17-11(15)9-7-5-4-6-8-9/h4-8H,1-3H3. The fourth-order valence-electron chi connectivity index (χ4n) is 1.07. The summed E-state index contributed by atoms with van der Waals surface area (Å²) in [6, 6.07) is 8.05. The molecule has 0 radical (unpaired) electrons. The van der Waals surface area contributed by atoms with Crippen molar-refractivity contribution in [2.24, 2.45) is 5.41 Å². The zero-order valence-corrected chi connectivity index (χ0v) is 10.0. The molecule has 1 aromatic carbocycles. The Morgan fingerprint density at radius 2 is 1.53 bits per heavy atom. The number of esters is 2. The van der Waals surface area contributed by atoms with Gasteiger partial charge in [-0.1, -0.05) is 39.0 Å². The molecule has 0 aliphatic heterocycles. The van der Waals surface area contributed by atoms with Crippen molar-refractivity contribution in [3.05, 3.63) is 35.9 Å². The molecular formula is C13H14O4. The van der Waals surface area contributed by atoms with E-state index in [-0.39, 0.29) is 5.56 Å². The summed E-state index contributed by atoms with van der Waals surface area (Å²) < 4.78 is 4.50. The first-order valence-corrected chi connectivity index (χ1v) is 5.18. The minimum Gasteiger partial charge on any atom is -0.383 e. The SMILES string of the molecule is CC(C)(C)C(=O)C(=O)OC(=O)c1ccccc1. The van der Waals surface area contributed by atoms with Crippen LogP contribution in [-0.4, -0.2) is 17.7 Å². The van der Waals surface area contributed by atoms with Crippen molar-refractivity contribution in [3.8, 4) is 0 Å². The predicted molar refractivity (Wildman–Crippen MR) is 61.3 cm³/mol. The van der Waals surface area contributed by atoms with Gasteiger partial charge in [0.2, 0.25) is 5.78 Å². The molecule has 0 bridgehead atoms. The van der Waals surface area contributed by atoms with Gasteiger partial charge in [-0.25, -0.2) is 9.59 Å². The first-order valence-electron chi connectivity index (χ1n) is 5.18. The number of ether oxygens (including phenoxy) is 1. The summed E-state index contributed by atoms with van der Waals surface area (Å²) in [5.41, 5.74) is -0.615. The zero-order chi connectivity index (χ0) is 13.1. The van der Waals surface area contributed by atoms with Crippen molar-refractivity contribution in [2.45, 2.75) is 20.8 Å². The van der Waals surface area contributed by atoms with E-state index in [1.807, 2.05) is 0 Å². The summed E-state index contributed by atoms with van der Waals surface area (Å²) in [7, 11) is 0. The van der Waals surface area contributed by atoms with Crippen molar-refractivity contribution in [1.82, 2.24) is 0 Å². The van der Waals surface area contributed by atoms with Crippen LogP contribution in [0.2, 0.25) is 0 Å². The average Bonchev–Trinajstić information content (AvgIpc) is 2.27. The number of ketones is 1. The van der Waals surface area contributed by atoms with Crippen LogP contribution in [0.15, 0.2) is 30.3 Å². The van der Waals surface area contributed by atoms with Crippen molar-refractivity contribution in [1.29, 1.82) is 0 Å². The maximum absolute atomic E-state index is 11.5. The largest absolute Gasteiger partial charge is 0.383 e. The molecular weight excluding hydrogens is 220 g/mol. The Kier molecular flexibility index (Phi) is 3.78. The van der Waals surface area contributed by atoms with Gasteiger partial charge in [-0.15, -0.1) is 0 Å². The Bertz CT molecular complexity index is 440. The van der Waals surface area contributed by atoms with Crippen molar-refractivity contribution in [3.63, 3.8) is 0 Å². The fourth-order valence-corrected chi connectivity index (χ4v) is 1.07. The quantitative estimate of drug-likeness (QED) is 0.446. The van der Waals surface area contributed by atoms with E-state index in [9.17, 15) is 14.4 Å². The molecule has 1 aromatic rings. The van der Waals surface area contributed by atoms with Gasteiger partial charge in [0.05, 0.1) is 5.56 Å². The number of benzene rings is 1. The molecule has 0 aliphatic rings. The molecule has 0 unspecified atom stereocenters. The lowest BCUT2D eigenvalue weighted by atomic mass is 9.91. The molecule has 0 atom stereocenters. The van der Waals surface area contributed by atoms with Crippen LogP contribution in [0.1, 0.15) is 31.1 Å². The van der Waals surface area contributed by atoms with Crippen molar-refractivity contribution >= 4 is 17.7 Å². The van der Waals surface area contributed by atoms with E-state index in [4.69, 9.17) is 0 Å². The predicted octanol–water partition coefficient (Wildman–Crippen LogP) is 1.99. The minimum absolute atomic E-state index is 0.238. The molecule has 90 valence electrons. The van der Waals surface area contributed by atoms with Gasteiger partial charge in [-0.2, -0.15) is 0 Å². The van der Waals surface area contributed by atoms with E-state index in [1.165, 1.54) is 12.1 Å². The van der Waals surface area contributed by atoms with Crippen LogP contribution in [0.3, 0.4) is 0 Å². The van der Waals surface area contributed by atoms with Gasteiger partial charge in [-0.05, 0) is 12.1 Å². The van der Waals surface area contributed by atoms with E-state index in [1.54, 1.807) is 39.0 Å². The monoisotopic (exact) mass is 234 g/mol. The Morgan fingerprint density at radius 3 is 2.00 bits per heavy atom. The number of hydrogen-bond donors (Lipinski definition) is 0. The maximum Gasteiger partial charge on any atom is 0.383 e. The molecule has 1 rings (SSSR count). The molecule has 4 heteroatoms. The smallest absolute Gasteiger partial charge is 0.383 e. The molecule has 0 saturated heterocycles. The second kappa shape index (κ2) is 4.91. The lowest BCUT2D eigenvalue weighted by Gasteiger charge is -2.14. The number of hydrogen-bond acceptors (Lipinski definition) is 4. The van der Waals surface area contributed by atoms with Crippen molar-refractivity contribution < 1.29 is 19.1 Å². The Morgan fingerprint density at radius 1 is 1.00 bits per heavy atom. The number of rotatable bonds is 2. The highest BCUT2D eigenvalue weighted by atomic mass is 16.6. The van der Waals surface area contributed by atoms with Gasteiger partial charge >= 0.3 is 11.9 Å². The summed E-state index contributed by atoms with van der Waals surface area (Å²) >= 11 is 0. The van der Waals surface area contributed by atoms with Crippen LogP contribution in [0, 0.1) is 5.41 Å². The van der Waals surface area contributed by atoms with E-state index in [0.717, 1.165) is 0 Å². The van der Waals surface area contributed by atoms with Gasteiger partial charge < -0.3 is 4.74 Å². The average molecular weight is 234 g/mol. The van der Waals surface area contributed by atoms with Crippen LogP contribution in [0.4, 0.5) is 0 Å². The summed E-state index contributed by atoms with van der Waals surface area (Å²) in [5, 5.41) is 0. The summed E-state index contributed by atoms with van der Waals surface area (Å²) in [6.45, 7) is 4.76. The number of carbonyl (C=O) groups excluding carboxylic acids is 3. The third-order valence-electron chi connectivity index (χ3n) is 2.06. The Balaban J connectivity index is 2.71. The molecule has 0 heterocycles. The maximum atomic E-state index is 11.5. The van der Waals surface area contributed by atoms with Crippen LogP contribution in [0.5, 0.6) is 0 Å². The molecule has 4 nitrogen and oxygen atoms in total. The summed E-state index contributed by atoms with van der Waals surface area (Å²) in [4.78, 5) is 34.4. The Hall–Kier alpha value is -1.97. The third-order valence-corrected chi connectivity index (χ3v) is 2.06. The summed E-state index contributed by atoms with van der Waals surface area (Å²) in [5.74, 6) is -2.65. The summed E-state index contributed by atoms with van der Waals surface area (Å²) in [6.07, 6.45) is 0. The minimum atomic E-state index is -1.12. The first-order chi connectivity index (χ1) is 7.82. The first kappa shape index (κ1) is 13.1. The number of Topliss-reactive ketones (excluding diaryl/α,β-unsaturated/α-hetero) is 1. The normalized spacial score (nSPS) is 10.8. The van der Waals surface area contributed by atoms with Crippen LogP contribution in [0.25, 0.3) is 0 Å². The second-order valence-corrected chi connectivity index (χ2v) is 4.62. The van der Waals surface area contributed by atoms with Crippen molar-refractivity contribution in [2.75, 3.05) is 0 Å². The molecule has 0 aliphatic carbocycles. The van der Waals surface area contributed by atoms with Gasteiger partial charge in [0.15, 0.2) is 0 Å². The molecule has 0 spiro atoms. The van der Waals surface area contributed by atoms with E-state index in [2.05, 4.69) is 4.74 Å². The molecule has 0 saturated carbocycles. The third kappa shape index (κ3) is 3.52. The number of carbonyl (C=O) groups is 3. The van der Waals surface area contributed by atoms with Gasteiger partial charge in [0.1, 0.15) is 0 Å². The van der Waals surface area contributed by atoms with Crippen LogP contribution >= 0.6 is 0 Å². The van der Waals surface area contributed by atoms with Crippen LogP contribution < -0.4 is 0 Å². The highest BCUT2D eigenvalue weighted by molar-refractivity contribution is 6.37. The topological polar surface area (TPSA) is 60.4 Å². The highest BCUT2D eigenvalue weighted by Crippen LogP contribution is 2.15. The lowest BCUT2D eigenvalue weighted by Crippen LogP contribution is -2.31. The Labute approximate surface area is 99.6 Å².